The lowest BCUT2D eigenvalue weighted by Gasteiger charge is -2.13. The normalized spacial score (nSPS) is 14.3. The van der Waals surface area contributed by atoms with Crippen molar-refractivity contribution in [3.63, 3.8) is 0 Å². The molecule has 86 valence electrons. The molecule has 0 atom stereocenters. The van der Waals surface area contributed by atoms with Crippen LogP contribution in [0.25, 0.3) is 0 Å². The van der Waals surface area contributed by atoms with Gasteiger partial charge in [0.05, 0.1) is 0 Å². The van der Waals surface area contributed by atoms with Crippen LogP contribution in [0, 0.1) is 0 Å². The highest BCUT2D eigenvalue weighted by Gasteiger charge is 2.21. The molecule has 6 heteroatoms. The number of amides is 2. The van der Waals surface area contributed by atoms with E-state index in [4.69, 9.17) is 12.2 Å². The predicted molar refractivity (Wildman–Crippen MR) is 63.8 cm³/mol. The van der Waals surface area contributed by atoms with Crippen molar-refractivity contribution in [1.29, 1.82) is 0 Å². The average molecular weight is 230 g/mol. The third-order valence-corrected chi connectivity index (χ3v) is 2.27. The molecule has 1 fully saturated rings. The van der Waals surface area contributed by atoms with Crippen LogP contribution in [0.5, 0.6) is 0 Å². The van der Waals surface area contributed by atoms with Gasteiger partial charge in [-0.25, -0.2) is 4.79 Å². The van der Waals surface area contributed by atoms with Crippen LogP contribution in [-0.2, 0) is 0 Å². The van der Waals surface area contributed by atoms with Crippen LogP contribution in [0.1, 0.15) is 12.8 Å². The Morgan fingerprint density at radius 2 is 1.93 bits per heavy atom. The van der Waals surface area contributed by atoms with Gasteiger partial charge in [-0.15, -0.1) is 0 Å². The first kappa shape index (κ1) is 12.0. The van der Waals surface area contributed by atoms with Crippen molar-refractivity contribution in [3.05, 3.63) is 0 Å². The number of carbonyl (C=O) groups excluding carboxylic acids is 1. The summed E-state index contributed by atoms with van der Waals surface area (Å²) in [7, 11) is 3.42. The average Bonchev–Trinajstić information content (AvgIpc) is 2.95. The van der Waals surface area contributed by atoms with E-state index >= 15 is 0 Å². The van der Waals surface area contributed by atoms with Gasteiger partial charge in [-0.3, -0.25) is 0 Å². The van der Waals surface area contributed by atoms with Crippen molar-refractivity contribution in [2.24, 2.45) is 0 Å². The molecule has 0 radical (unpaired) electrons. The summed E-state index contributed by atoms with van der Waals surface area (Å²) in [5, 5.41) is 9.62. The zero-order valence-corrected chi connectivity index (χ0v) is 9.99. The quantitative estimate of drug-likeness (QED) is 0.466. The third kappa shape index (κ3) is 5.41. The molecule has 15 heavy (non-hydrogen) atoms. The van der Waals surface area contributed by atoms with Gasteiger partial charge >= 0.3 is 6.03 Å². The van der Waals surface area contributed by atoms with E-state index in [-0.39, 0.29) is 6.03 Å². The molecule has 1 aliphatic carbocycles. The van der Waals surface area contributed by atoms with E-state index in [9.17, 15) is 4.79 Å². The highest BCUT2D eigenvalue weighted by Crippen LogP contribution is 2.18. The summed E-state index contributed by atoms with van der Waals surface area (Å²) in [5.74, 6) is 0. The van der Waals surface area contributed by atoms with Gasteiger partial charge in [0, 0.05) is 33.2 Å². The summed E-state index contributed by atoms with van der Waals surface area (Å²) in [4.78, 5) is 12.6. The van der Waals surface area contributed by atoms with Crippen LogP contribution < -0.4 is 16.0 Å². The van der Waals surface area contributed by atoms with Crippen molar-refractivity contribution in [1.82, 2.24) is 20.9 Å². The monoisotopic (exact) mass is 230 g/mol. The second-order valence-corrected chi connectivity index (χ2v) is 4.21. The summed E-state index contributed by atoms with van der Waals surface area (Å²) >= 11 is 5.06. The molecular weight excluding hydrogens is 212 g/mol. The maximum Gasteiger partial charge on any atom is 0.316 e. The SMILES string of the molecule is CN(C)C(=O)NCCNC(=S)NC1CC1. The number of thiocarbonyl (C=S) groups is 1. The van der Waals surface area contributed by atoms with Crippen LogP contribution in [0.3, 0.4) is 0 Å². The maximum atomic E-state index is 11.1. The molecule has 0 heterocycles. The summed E-state index contributed by atoms with van der Waals surface area (Å²) in [6.07, 6.45) is 2.42. The highest BCUT2D eigenvalue weighted by atomic mass is 32.1. The topological polar surface area (TPSA) is 56.4 Å². The Labute approximate surface area is 95.6 Å². The first-order chi connectivity index (χ1) is 7.09. The lowest BCUT2D eigenvalue weighted by molar-refractivity contribution is 0.217. The van der Waals surface area contributed by atoms with Gasteiger partial charge in [-0.05, 0) is 25.1 Å². The molecule has 0 aromatic carbocycles. The van der Waals surface area contributed by atoms with Gasteiger partial charge in [0.1, 0.15) is 0 Å². The number of carbonyl (C=O) groups is 1. The third-order valence-electron chi connectivity index (χ3n) is 2.01. The minimum Gasteiger partial charge on any atom is -0.361 e. The molecule has 0 spiro atoms. The van der Waals surface area contributed by atoms with E-state index in [0.717, 1.165) is 0 Å². The Bertz CT molecular complexity index is 240. The van der Waals surface area contributed by atoms with Gasteiger partial charge in [-0.1, -0.05) is 0 Å². The standard InChI is InChI=1S/C9H18N4OS/c1-13(2)9(14)11-6-5-10-8(15)12-7-3-4-7/h7H,3-6H2,1-2H3,(H,11,14)(H2,10,12,15). The van der Waals surface area contributed by atoms with E-state index in [1.807, 2.05) is 0 Å². The molecule has 0 bridgehead atoms. The Hall–Kier alpha value is -1.04. The van der Waals surface area contributed by atoms with E-state index in [1.165, 1.54) is 17.7 Å². The Morgan fingerprint density at radius 1 is 1.33 bits per heavy atom. The van der Waals surface area contributed by atoms with Crippen molar-refractivity contribution in [3.8, 4) is 0 Å². The Kier molecular flexibility index (Phi) is 4.61. The van der Waals surface area contributed by atoms with Crippen LogP contribution in [0.2, 0.25) is 0 Å². The lowest BCUT2D eigenvalue weighted by atomic mass is 10.6. The summed E-state index contributed by atoms with van der Waals surface area (Å²) in [6.45, 7) is 1.22. The highest BCUT2D eigenvalue weighted by molar-refractivity contribution is 7.80. The molecule has 0 aromatic heterocycles. The van der Waals surface area contributed by atoms with Gasteiger partial charge in [0.2, 0.25) is 0 Å². The van der Waals surface area contributed by atoms with Crippen LogP contribution >= 0.6 is 12.2 Å². The van der Waals surface area contributed by atoms with Crippen molar-refractivity contribution in [2.75, 3.05) is 27.2 Å². The molecule has 1 rings (SSSR count). The van der Waals surface area contributed by atoms with Crippen LogP contribution in [-0.4, -0.2) is 49.3 Å². The largest absolute Gasteiger partial charge is 0.361 e. The minimum atomic E-state index is -0.0853. The van der Waals surface area contributed by atoms with Crippen LogP contribution in [0.4, 0.5) is 4.79 Å². The molecular formula is C9H18N4OS. The fourth-order valence-electron chi connectivity index (χ4n) is 0.968. The number of nitrogens with one attached hydrogen (secondary N) is 3. The summed E-state index contributed by atoms with van der Waals surface area (Å²) in [6, 6.07) is 0.485. The molecule has 0 aromatic rings. The first-order valence-electron chi connectivity index (χ1n) is 5.09. The predicted octanol–water partition coefficient (Wildman–Crippen LogP) is -0.116. The molecule has 0 aliphatic heterocycles. The Morgan fingerprint density at radius 3 is 2.47 bits per heavy atom. The van der Waals surface area contributed by atoms with Gasteiger partial charge < -0.3 is 20.9 Å². The number of rotatable bonds is 4. The van der Waals surface area contributed by atoms with Gasteiger partial charge in [-0.2, -0.15) is 0 Å². The Balaban J connectivity index is 1.95. The van der Waals surface area contributed by atoms with Crippen molar-refractivity contribution in [2.45, 2.75) is 18.9 Å². The van der Waals surface area contributed by atoms with E-state index in [1.54, 1.807) is 14.1 Å². The maximum absolute atomic E-state index is 11.1. The molecule has 5 nitrogen and oxygen atoms in total. The van der Waals surface area contributed by atoms with Crippen molar-refractivity contribution < 1.29 is 4.79 Å². The molecule has 3 N–H and O–H groups in total. The molecule has 1 aliphatic rings. The van der Waals surface area contributed by atoms with Crippen LogP contribution in [0.15, 0.2) is 0 Å². The molecule has 2 amide bonds. The van der Waals surface area contributed by atoms with Gasteiger partial charge in [0.25, 0.3) is 0 Å². The van der Waals surface area contributed by atoms with E-state index in [2.05, 4.69) is 16.0 Å². The fraction of sp³-hybridized carbons (Fsp3) is 0.778. The zero-order chi connectivity index (χ0) is 11.3. The fourth-order valence-corrected chi connectivity index (χ4v) is 1.24. The molecule has 0 unspecified atom stereocenters. The zero-order valence-electron chi connectivity index (χ0n) is 9.17. The molecule has 1 saturated carbocycles. The minimum absolute atomic E-state index is 0.0853. The lowest BCUT2D eigenvalue weighted by Crippen LogP contribution is -2.42. The van der Waals surface area contributed by atoms with E-state index < -0.39 is 0 Å². The van der Waals surface area contributed by atoms with Gasteiger partial charge in [0.15, 0.2) is 5.11 Å². The number of hydrogen-bond acceptors (Lipinski definition) is 2. The number of hydrogen-bond donors (Lipinski definition) is 3. The number of urea groups is 1. The summed E-state index contributed by atoms with van der Waals surface area (Å²) in [5.41, 5.74) is 0. The first-order valence-corrected chi connectivity index (χ1v) is 5.50. The smallest absolute Gasteiger partial charge is 0.316 e. The summed E-state index contributed by atoms with van der Waals surface area (Å²) < 4.78 is 0. The second kappa shape index (κ2) is 5.75. The molecule has 0 saturated heterocycles. The number of nitrogens with zero attached hydrogens (tertiary/aromatic N) is 1. The van der Waals surface area contributed by atoms with Crippen molar-refractivity contribution >= 4 is 23.4 Å². The van der Waals surface area contributed by atoms with E-state index in [0.29, 0.717) is 24.2 Å². The second-order valence-electron chi connectivity index (χ2n) is 3.80.